The number of allylic oxidation sites excluding steroid dienone is 2. The average Bonchev–Trinajstić information content (AvgIpc) is 3.48. The maximum absolute atomic E-state index is 5.71. The molecule has 4 fully saturated rings. The molecule has 5 rings (SSSR count). The van der Waals surface area contributed by atoms with Gasteiger partial charge >= 0.3 is 0 Å². The molecule has 4 aliphatic carbocycles. The number of rotatable bonds is 6. The molecular formula is C30H52O. The van der Waals surface area contributed by atoms with Crippen LogP contribution in [-0.2, 0) is 4.74 Å². The van der Waals surface area contributed by atoms with Crippen LogP contribution in [0.1, 0.15) is 107 Å². The van der Waals surface area contributed by atoms with Gasteiger partial charge in [0.2, 0.25) is 0 Å². The third-order valence-electron chi connectivity index (χ3n) is 11.8. The molecule has 1 nitrogen and oxygen atoms in total. The van der Waals surface area contributed by atoms with Gasteiger partial charge in [0.05, 0.1) is 12.7 Å². The Bertz CT molecular complexity index is 693. The zero-order chi connectivity index (χ0) is 22.0. The summed E-state index contributed by atoms with van der Waals surface area (Å²) in [5.41, 5.74) is 3.00. The SMILES string of the molecule is CC(C)[C@@H](CC[C@@H](C)[C@H]1CCC2C3CC=C4C[C@@H](C)CC[C@]4(C)C3CC[C@@]21C)[C@H]1CO1.[HH]. The van der Waals surface area contributed by atoms with Crippen LogP contribution >= 0.6 is 0 Å². The highest BCUT2D eigenvalue weighted by Crippen LogP contribution is 2.67. The minimum atomic E-state index is 0. The first-order chi connectivity index (χ1) is 14.7. The minimum Gasteiger partial charge on any atom is -0.373 e. The lowest BCUT2D eigenvalue weighted by Crippen LogP contribution is -2.50. The van der Waals surface area contributed by atoms with Crippen LogP contribution < -0.4 is 0 Å². The van der Waals surface area contributed by atoms with Crippen LogP contribution in [-0.4, -0.2) is 12.7 Å². The third kappa shape index (κ3) is 3.77. The van der Waals surface area contributed by atoms with E-state index in [4.69, 9.17) is 4.74 Å². The maximum atomic E-state index is 5.71. The van der Waals surface area contributed by atoms with Gasteiger partial charge in [-0.25, -0.2) is 0 Å². The Morgan fingerprint density at radius 2 is 1.81 bits per heavy atom. The summed E-state index contributed by atoms with van der Waals surface area (Å²) in [4.78, 5) is 0. The fourth-order valence-corrected chi connectivity index (χ4v) is 9.73. The highest BCUT2D eigenvalue weighted by Gasteiger charge is 2.59. The summed E-state index contributed by atoms with van der Waals surface area (Å²) in [6.45, 7) is 16.3. The molecule has 0 N–H and O–H groups in total. The summed E-state index contributed by atoms with van der Waals surface area (Å²) in [6, 6.07) is 0. The van der Waals surface area contributed by atoms with Gasteiger partial charge < -0.3 is 4.74 Å². The lowest BCUT2D eigenvalue weighted by Gasteiger charge is -2.58. The number of fused-ring (bicyclic) bond motifs is 5. The molecule has 3 unspecified atom stereocenters. The van der Waals surface area contributed by atoms with Crippen molar-refractivity contribution in [3.63, 3.8) is 0 Å². The van der Waals surface area contributed by atoms with Crippen LogP contribution in [0.2, 0.25) is 0 Å². The lowest BCUT2D eigenvalue weighted by molar-refractivity contribution is -0.0526. The van der Waals surface area contributed by atoms with E-state index in [1.54, 1.807) is 0 Å². The van der Waals surface area contributed by atoms with E-state index in [2.05, 4.69) is 47.6 Å². The van der Waals surface area contributed by atoms with Crippen LogP contribution in [0.3, 0.4) is 0 Å². The van der Waals surface area contributed by atoms with Gasteiger partial charge in [0.1, 0.15) is 0 Å². The van der Waals surface area contributed by atoms with Crippen molar-refractivity contribution in [1.29, 1.82) is 0 Å². The molecule has 3 saturated carbocycles. The van der Waals surface area contributed by atoms with E-state index in [0.29, 0.717) is 16.9 Å². The van der Waals surface area contributed by atoms with Gasteiger partial charge in [0.25, 0.3) is 0 Å². The summed E-state index contributed by atoms with van der Waals surface area (Å²) >= 11 is 0. The quantitative estimate of drug-likeness (QED) is 0.305. The highest BCUT2D eigenvalue weighted by molar-refractivity contribution is 5.25. The molecule has 0 spiro atoms. The second-order valence-electron chi connectivity index (χ2n) is 13.7. The van der Waals surface area contributed by atoms with E-state index in [1.165, 1.54) is 64.2 Å². The number of epoxide rings is 1. The van der Waals surface area contributed by atoms with Gasteiger partial charge in [0.15, 0.2) is 0 Å². The number of ether oxygens (including phenoxy) is 1. The van der Waals surface area contributed by atoms with Gasteiger partial charge in [-0.1, -0.05) is 59.6 Å². The first-order valence-electron chi connectivity index (χ1n) is 14.0. The number of hydrogen-bond donors (Lipinski definition) is 0. The molecular weight excluding hydrogens is 376 g/mol. The van der Waals surface area contributed by atoms with Gasteiger partial charge in [-0.05, 0) is 116 Å². The number of hydrogen-bond acceptors (Lipinski definition) is 1. The highest BCUT2D eigenvalue weighted by atomic mass is 16.6. The molecule has 0 aromatic carbocycles. The largest absolute Gasteiger partial charge is 0.373 e. The fraction of sp³-hybridized carbons (Fsp3) is 0.933. The van der Waals surface area contributed by atoms with Crippen molar-refractivity contribution in [2.45, 2.75) is 112 Å². The van der Waals surface area contributed by atoms with Crippen molar-refractivity contribution in [2.24, 2.45) is 58.2 Å². The van der Waals surface area contributed by atoms with Crippen molar-refractivity contribution >= 4 is 0 Å². The second-order valence-corrected chi connectivity index (χ2v) is 13.7. The van der Waals surface area contributed by atoms with Crippen molar-refractivity contribution in [2.75, 3.05) is 6.61 Å². The molecule has 0 aromatic rings. The van der Waals surface area contributed by atoms with Crippen LogP contribution in [0.15, 0.2) is 11.6 Å². The predicted molar refractivity (Wildman–Crippen MR) is 133 cm³/mol. The average molecular weight is 429 g/mol. The van der Waals surface area contributed by atoms with Crippen LogP contribution in [0.5, 0.6) is 0 Å². The fourth-order valence-electron chi connectivity index (χ4n) is 9.73. The molecule has 1 aliphatic heterocycles. The molecule has 0 bridgehead atoms. The molecule has 0 amide bonds. The minimum absolute atomic E-state index is 0. The van der Waals surface area contributed by atoms with Gasteiger partial charge in [-0.15, -0.1) is 0 Å². The van der Waals surface area contributed by atoms with Crippen molar-refractivity contribution < 1.29 is 6.16 Å². The van der Waals surface area contributed by atoms with Crippen molar-refractivity contribution in [3.8, 4) is 0 Å². The Hall–Kier alpha value is -0.300. The Morgan fingerprint density at radius 1 is 1.03 bits per heavy atom. The Balaban J connectivity index is 0.00000245. The Kier molecular flexibility index (Phi) is 5.93. The molecule has 1 heterocycles. The summed E-state index contributed by atoms with van der Waals surface area (Å²) in [6.07, 6.45) is 17.9. The molecule has 31 heavy (non-hydrogen) atoms. The van der Waals surface area contributed by atoms with E-state index in [9.17, 15) is 0 Å². The van der Waals surface area contributed by atoms with E-state index in [0.717, 1.165) is 54.0 Å². The van der Waals surface area contributed by atoms with E-state index in [-0.39, 0.29) is 1.43 Å². The topological polar surface area (TPSA) is 12.5 Å². The van der Waals surface area contributed by atoms with Crippen molar-refractivity contribution in [3.05, 3.63) is 11.6 Å². The standard InChI is InChI=1S/C30H50O.H2/c1-19(2)23(28-18-31-28)9-7-21(4)25-11-12-26-24-10-8-22-17-20(3)13-15-29(22,5)27(24)14-16-30(25,26)6;/h8,19-21,23-28H,7,9-18H2,1-6H3;1H/t20-,21+,23+,24?,25+,26?,27?,28+,29-,30+;/m0./s1. The summed E-state index contributed by atoms with van der Waals surface area (Å²) in [7, 11) is 0. The third-order valence-corrected chi connectivity index (χ3v) is 11.8. The summed E-state index contributed by atoms with van der Waals surface area (Å²) in [5.74, 6) is 7.25. The lowest BCUT2D eigenvalue weighted by atomic mass is 9.46. The Morgan fingerprint density at radius 3 is 2.52 bits per heavy atom. The van der Waals surface area contributed by atoms with Crippen LogP contribution in [0.25, 0.3) is 0 Å². The molecule has 0 radical (unpaired) electrons. The molecule has 10 atom stereocenters. The molecule has 5 aliphatic rings. The molecule has 178 valence electrons. The monoisotopic (exact) mass is 428 g/mol. The predicted octanol–water partition coefficient (Wildman–Crippen LogP) is 8.53. The molecule has 1 heteroatoms. The van der Waals surface area contributed by atoms with Crippen LogP contribution in [0, 0.1) is 58.2 Å². The molecule has 0 aromatic heterocycles. The first kappa shape index (κ1) is 22.5. The van der Waals surface area contributed by atoms with Gasteiger partial charge in [-0.2, -0.15) is 0 Å². The van der Waals surface area contributed by atoms with E-state index in [1.807, 2.05) is 5.57 Å². The van der Waals surface area contributed by atoms with Gasteiger partial charge in [0, 0.05) is 1.43 Å². The van der Waals surface area contributed by atoms with E-state index >= 15 is 0 Å². The van der Waals surface area contributed by atoms with E-state index < -0.39 is 0 Å². The van der Waals surface area contributed by atoms with Gasteiger partial charge in [-0.3, -0.25) is 0 Å². The summed E-state index contributed by atoms with van der Waals surface area (Å²) < 4.78 is 5.71. The Labute approximate surface area is 194 Å². The molecule has 1 saturated heterocycles. The zero-order valence-corrected chi connectivity index (χ0v) is 21.5. The normalized spacial score (nSPS) is 48.4. The maximum Gasteiger partial charge on any atom is 0.0840 e. The van der Waals surface area contributed by atoms with Crippen LogP contribution in [0.4, 0.5) is 0 Å². The van der Waals surface area contributed by atoms with Crippen molar-refractivity contribution in [1.82, 2.24) is 0 Å². The zero-order valence-electron chi connectivity index (χ0n) is 21.5. The summed E-state index contributed by atoms with van der Waals surface area (Å²) in [5, 5.41) is 0. The smallest absolute Gasteiger partial charge is 0.0840 e. The first-order valence-corrected chi connectivity index (χ1v) is 14.0. The second kappa shape index (κ2) is 8.18.